The average molecular weight is 170 g/mol. The summed E-state index contributed by atoms with van der Waals surface area (Å²) in [5.41, 5.74) is -0.211. The van der Waals surface area contributed by atoms with Gasteiger partial charge < -0.3 is 0 Å². The van der Waals surface area contributed by atoms with Crippen LogP contribution in [0.5, 0.6) is 0 Å². The summed E-state index contributed by atoms with van der Waals surface area (Å²) >= 11 is 1.88. The molecule has 1 saturated heterocycles. The molecule has 1 aliphatic rings. The van der Waals surface area contributed by atoms with Crippen LogP contribution in [0.4, 0.5) is 0 Å². The van der Waals surface area contributed by atoms with Crippen LogP contribution in [0.25, 0.3) is 0 Å². The van der Waals surface area contributed by atoms with E-state index < -0.39 is 0 Å². The van der Waals surface area contributed by atoms with Crippen molar-refractivity contribution in [1.29, 1.82) is 5.26 Å². The predicted molar refractivity (Wildman–Crippen MR) is 48.6 cm³/mol. The van der Waals surface area contributed by atoms with Gasteiger partial charge in [0.25, 0.3) is 0 Å². The van der Waals surface area contributed by atoms with Gasteiger partial charge in [-0.2, -0.15) is 17.0 Å². The Balaban J connectivity index is 2.51. The van der Waals surface area contributed by atoms with E-state index in [1.807, 2.05) is 11.8 Å². The molecule has 2 nitrogen and oxygen atoms in total. The van der Waals surface area contributed by atoms with E-state index in [0.717, 1.165) is 18.7 Å². The number of rotatable bonds is 2. The van der Waals surface area contributed by atoms with Crippen LogP contribution in [0.2, 0.25) is 0 Å². The molecule has 0 aromatic carbocycles. The summed E-state index contributed by atoms with van der Waals surface area (Å²) in [6.45, 7) is 2.95. The van der Waals surface area contributed by atoms with Gasteiger partial charge in [0.15, 0.2) is 0 Å². The molecule has 1 heterocycles. The average Bonchev–Trinajstić information content (AvgIpc) is 2.07. The maximum atomic E-state index is 8.95. The molecule has 0 saturated carbocycles. The minimum atomic E-state index is -0.211. The molecule has 0 amide bonds. The molecule has 1 N–H and O–H groups in total. The summed E-state index contributed by atoms with van der Waals surface area (Å²) in [7, 11) is 0. The molecule has 1 unspecified atom stereocenters. The monoisotopic (exact) mass is 170 g/mol. The van der Waals surface area contributed by atoms with E-state index in [4.69, 9.17) is 5.26 Å². The third kappa shape index (κ3) is 2.11. The molecule has 1 rings (SSSR count). The highest BCUT2D eigenvalue weighted by Crippen LogP contribution is 2.25. The highest BCUT2D eigenvalue weighted by Gasteiger charge is 2.30. The third-order valence-electron chi connectivity index (χ3n) is 1.97. The number of nitriles is 1. The second-order valence-electron chi connectivity index (χ2n) is 2.88. The lowest BCUT2D eigenvalue weighted by molar-refractivity contribution is 0.425. The molecule has 0 bridgehead atoms. The topological polar surface area (TPSA) is 35.8 Å². The fraction of sp³-hybridized carbons (Fsp3) is 0.875. The van der Waals surface area contributed by atoms with Crippen LogP contribution in [0, 0.1) is 11.3 Å². The van der Waals surface area contributed by atoms with E-state index in [0.29, 0.717) is 0 Å². The molecular formula is C8H14N2S. The van der Waals surface area contributed by atoms with Crippen molar-refractivity contribution in [3.63, 3.8) is 0 Å². The molecule has 1 aliphatic heterocycles. The van der Waals surface area contributed by atoms with E-state index in [2.05, 4.69) is 18.3 Å². The molecule has 62 valence electrons. The summed E-state index contributed by atoms with van der Waals surface area (Å²) < 4.78 is 0. The Hall–Kier alpha value is -0.200. The molecule has 0 aromatic rings. The summed E-state index contributed by atoms with van der Waals surface area (Å²) in [4.78, 5) is 0. The van der Waals surface area contributed by atoms with Crippen LogP contribution in [-0.4, -0.2) is 23.6 Å². The zero-order valence-corrected chi connectivity index (χ0v) is 7.71. The van der Waals surface area contributed by atoms with Gasteiger partial charge in [-0.05, 0) is 25.1 Å². The van der Waals surface area contributed by atoms with Gasteiger partial charge in [-0.3, -0.25) is 5.32 Å². The Morgan fingerprint density at radius 2 is 2.55 bits per heavy atom. The standard InChI is InChI=1S/C8H14N2S/c1-2-10-8(6-9)4-3-5-11-7-8/h10H,2-5,7H2,1H3. The molecule has 0 spiro atoms. The van der Waals surface area contributed by atoms with E-state index in [1.165, 1.54) is 12.2 Å². The van der Waals surface area contributed by atoms with Crippen LogP contribution in [-0.2, 0) is 0 Å². The number of thioether (sulfide) groups is 1. The predicted octanol–water partition coefficient (Wildman–Crippen LogP) is 1.39. The van der Waals surface area contributed by atoms with Crippen LogP contribution < -0.4 is 5.32 Å². The minimum absolute atomic E-state index is 0.211. The maximum Gasteiger partial charge on any atom is 0.115 e. The van der Waals surface area contributed by atoms with Crippen LogP contribution in [0.15, 0.2) is 0 Å². The molecule has 11 heavy (non-hydrogen) atoms. The van der Waals surface area contributed by atoms with Crippen molar-refractivity contribution in [1.82, 2.24) is 5.32 Å². The first-order valence-electron chi connectivity index (χ1n) is 4.07. The zero-order chi connectivity index (χ0) is 8.16. The normalized spacial score (nSPS) is 31.3. The number of nitrogens with one attached hydrogen (secondary N) is 1. The molecule has 1 atom stereocenters. The van der Waals surface area contributed by atoms with Crippen molar-refractivity contribution in [2.24, 2.45) is 0 Å². The molecule has 0 radical (unpaired) electrons. The fourth-order valence-electron chi connectivity index (χ4n) is 1.40. The summed E-state index contributed by atoms with van der Waals surface area (Å²) in [5, 5.41) is 12.2. The highest BCUT2D eigenvalue weighted by atomic mass is 32.2. The van der Waals surface area contributed by atoms with E-state index in [1.54, 1.807) is 0 Å². The number of hydrogen-bond acceptors (Lipinski definition) is 3. The lowest BCUT2D eigenvalue weighted by Crippen LogP contribution is -2.47. The summed E-state index contributed by atoms with van der Waals surface area (Å²) in [6.07, 6.45) is 2.19. The van der Waals surface area contributed by atoms with Gasteiger partial charge in [0.05, 0.1) is 6.07 Å². The second kappa shape index (κ2) is 3.99. The van der Waals surface area contributed by atoms with Gasteiger partial charge in [0.2, 0.25) is 0 Å². The Kier molecular flexibility index (Phi) is 3.22. The smallest absolute Gasteiger partial charge is 0.115 e. The van der Waals surface area contributed by atoms with Crippen LogP contribution >= 0.6 is 11.8 Å². The van der Waals surface area contributed by atoms with E-state index in [9.17, 15) is 0 Å². The first kappa shape index (κ1) is 8.89. The maximum absolute atomic E-state index is 8.95. The zero-order valence-electron chi connectivity index (χ0n) is 6.89. The molecular weight excluding hydrogens is 156 g/mol. The van der Waals surface area contributed by atoms with Gasteiger partial charge in [-0.15, -0.1) is 0 Å². The Morgan fingerprint density at radius 3 is 3.00 bits per heavy atom. The van der Waals surface area contributed by atoms with Gasteiger partial charge in [-0.25, -0.2) is 0 Å². The van der Waals surface area contributed by atoms with Gasteiger partial charge in [0.1, 0.15) is 5.54 Å². The quantitative estimate of drug-likeness (QED) is 0.680. The first-order chi connectivity index (χ1) is 5.33. The molecule has 3 heteroatoms. The van der Waals surface area contributed by atoms with Crippen molar-refractivity contribution >= 4 is 11.8 Å². The lowest BCUT2D eigenvalue weighted by Gasteiger charge is -2.30. The lowest BCUT2D eigenvalue weighted by atomic mass is 9.97. The second-order valence-corrected chi connectivity index (χ2v) is 3.99. The van der Waals surface area contributed by atoms with Crippen molar-refractivity contribution < 1.29 is 0 Å². The van der Waals surface area contributed by atoms with Crippen molar-refractivity contribution in [3.05, 3.63) is 0 Å². The largest absolute Gasteiger partial charge is 0.299 e. The van der Waals surface area contributed by atoms with Crippen LogP contribution in [0.3, 0.4) is 0 Å². The minimum Gasteiger partial charge on any atom is -0.299 e. The SMILES string of the molecule is CCNC1(C#N)CCCSC1. The van der Waals surface area contributed by atoms with E-state index in [-0.39, 0.29) is 5.54 Å². The van der Waals surface area contributed by atoms with Crippen molar-refractivity contribution in [2.45, 2.75) is 25.3 Å². The summed E-state index contributed by atoms with van der Waals surface area (Å²) in [5.74, 6) is 2.17. The fourth-order valence-corrected chi connectivity index (χ4v) is 2.55. The highest BCUT2D eigenvalue weighted by molar-refractivity contribution is 7.99. The Morgan fingerprint density at radius 1 is 1.73 bits per heavy atom. The van der Waals surface area contributed by atoms with Crippen LogP contribution in [0.1, 0.15) is 19.8 Å². The van der Waals surface area contributed by atoms with Gasteiger partial charge >= 0.3 is 0 Å². The Labute approximate surface area is 72.4 Å². The molecule has 0 aliphatic carbocycles. The summed E-state index contributed by atoms with van der Waals surface area (Å²) in [6, 6.07) is 2.39. The first-order valence-corrected chi connectivity index (χ1v) is 5.22. The number of nitrogens with zero attached hydrogens (tertiary/aromatic N) is 1. The van der Waals surface area contributed by atoms with Crippen molar-refractivity contribution in [2.75, 3.05) is 18.1 Å². The van der Waals surface area contributed by atoms with Crippen molar-refractivity contribution in [3.8, 4) is 6.07 Å². The Bertz CT molecular complexity index is 150. The molecule has 1 fully saturated rings. The number of hydrogen-bond donors (Lipinski definition) is 1. The van der Waals surface area contributed by atoms with Gasteiger partial charge in [0, 0.05) is 5.75 Å². The van der Waals surface area contributed by atoms with Gasteiger partial charge in [-0.1, -0.05) is 6.92 Å². The van der Waals surface area contributed by atoms with E-state index >= 15 is 0 Å². The molecule has 0 aromatic heterocycles. The third-order valence-corrected chi connectivity index (χ3v) is 3.24.